The highest BCUT2D eigenvalue weighted by molar-refractivity contribution is 7.99. The summed E-state index contributed by atoms with van der Waals surface area (Å²) in [5, 5.41) is 21.0. The number of hydrogen-bond donors (Lipinski definition) is 1. The number of aromatic nitrogens is 4. The Morgan fingerprint density at radius 1 is 1.56 bits per heavy atom. The van der Waals surface area contributed by atoms with Gasteiger partial charge in [-0.3, -0.25) is 4.90 Å². The molecule has 8 heteroatoms. The van der Waals surface area contributed by atoms with Crippen molar-refractivity contribution >= 4 is 11.8 Å². The second kappa shape index (κ2) is 7.03. The zero-order chi connectivity index (χ0) is 12.8. The Morgan fingerprint density at radius 3 is 3.22 bits per heavy atom. The van der Waals surface area contributed by atoms with Gasteiger partial charge >= 0.3 is 0 Å². The van der Waals surface area contributed by atoms with Gasteiger partial charge in [-0.2, -0.15) is 0 Å². The van der Waals surface area contributed by atoms with Crippen molar-refractivity contribution in [2.45, 2.75) is 24.7 Å². The Bertz CT molecular complexity index is 362. The number of likely N-dealkylation sites (N-methyl/N-ethyl adjacent to an activating group) is 1. The average molecular weight is 273 g/mol. The number of hydrogen-bond acceptors (Lipinski definition) is 7. The number of aliphatic hydroxyl groups is 1. The predicted octanol–water partition coefficient (Wildman–Crippen LogP) is -0.522. The average Bonchev–Trinajstić information content (AvgIpc) is 2.85. The molecule has 1 N–H and O–H groups in total. The van der Waals surface area contributed by atoms with Crippen LogP contribution >= 0.6 is 11.8 Å². The topological polar surface area (TPSA) is 76.3 Å². The second-order valence-electron chi connectivity index (χ2n) is 4.11. The van der Waals surface area contributed by atoms with E-state index in [1.165, 1.54) is 0 Å². The zero-order valence-corrected chi connectivity index (χ0v) is 11.3. The predicted molar refractivity (Wildman–Crippen MR) is 67.5 cm³/mol. The highest BCUT2D eigenvalue weighted by Crippen LogP contribution is 2.18. The molecule has 1 unspecified atom stereocenters. The normalized spacial score (nSPS) is 21.3. The van der Waals surface area contributed by atoms with Crippen molar-refractivity contribution in [3.8, 4) is 0 Å². The van der Waals surface area contributed by atoms with Crippen molar-refractivity contribution in [3.63, 3.8) is 0 Å². The van der Waals surface area contributed by atoms with Gasteiger partial charge < -0.3 is 9.84 Å². The van der Waals surface area contributed by atoms with E-state index in [1.807, 2.05) is 0 Å². The SMILES string of the molecule is CCN1CCOC(CSc2nnnn2CCO)C1. The van der Waals surface area contributed by atoms with E-state index in [0.717, 1.165) is 37.2 Å². The van der Waals surface area contributed by atoms with Crippen LogP contribution in [0.1, 0.15) is 6.92 Å². The zero-order valence-electron chi connectivity index (χ0n) is 10.5. The molecule has 1 fully saturated rings. The van der Waals surface area contributed by atoms with Crippen LogP contribution in [0.4, 0.5) is 0 Å². The van der Waals surface area contributed by atoms with Crippen LogP contribution in [-0.2, 0) is 11.3 Å². The number of rotatable bonds is 6. The maximum atomic E-state index is 8.89. The molecule has 1 saturated heterocycles. The van der Waals surface area contributed by atoms with Crippen LogP contribution in [0.25, 0.3) is 0 Å². The molecule has 1 aromatic heterocycles. The third-order valence-corrected chi connectivity index (χ3v) is 3.97. The molecule has 1 aliphatic heterocycles. The molecule has 0 aromatic carbocycles. The van der Waals surface area contributed by atoms with Crippen molar-refractivity contribution in [1.82, 2.24) is 25.1 Å². The third kappa shape index (κ3) is 3.64. The minimum Gasteiger partial charge on any atom is -0.394 e. The summed E-state index contributed by atoms with van der Waals surface area (Å²) in [7, 11) is 0. The largest absolute Gasteiger partial charge is 0.394 e. The Kier molecular flexibility index (Phi) is 5.36. The Hall–Kier alpha value is -0.700. The molecule has 0 amide bonds. The van der Waals surface area contributed by atoms with Gasteiger partial charge in [0.15, 0.2) is 0 Å². The molecule has 2 rings (SSSR count). The fraction of sp³-hybridized carbons (Fsp3) is 0.900. The van der Waals surface area contributed by atoms with Crippen LogP contribution in [0.5, 0.6) is 0 Å². The Labute approximate surface area is 110 Å². The molecule has 0 radical (unpaired) electrons. The van der Waals surface area contributed by atoms with Gasteiger partial charge in [-0.05, 0) is 17.0 Å². The lowest BCUT2D eigenvalue weighted by atomic mass is 10.3. The summed E-state index contributed by atoms with van der Waals surface area (Å²) in [6.07, 6.45) is 0.225. The van der Waals surface area contributed by atoms with Crippen molar-refractivity contribution in [3.05, 3.63) is 0 Å². The van der Waals surface area contributed by atoms with E-state index in [2.05, 4.69) is 27.3 Å². The van der Waals surface area contributed by atoms with E-state index < -0.39 is 0 Å². The number of ether oxygens (including phenoxy) is 1. The molecular weight excluding hydrogens is 254 g/mol. The lowest BCUT2D eigenvalue weighted by Crippen LogP contribution is -2.43. The fourth-order valence-corrected chi connectivity index (χ4v) is 2.78. The van der Waals surface area contributed by atoms with Crippen LogP contribution in [0.2, 0.25) is 0 Å². The van der Waals surface area contributed by atoms with Crippen molar-refractivity contribution < 1.29 is 9.84 Å². The molecule has 7 nitrogen and oxygen atoms in total. The summed E-state index contributed by atoms with van der Waals surface area (Å²) in [4.78, 5) is 2.38. The van der Waals surface area contributed by atoms with Crippen LogP contribution < -0.4 is 0 Å². The molecule has 1 aliphatic rings. The van der Waals surface area contributed by atoms with E-state index in [4.69, 9.17) is 9.84 Å². The Morgan fingerprint density at radius 2 is 2.44 bits per heavy atom. The quantitative estimate of drug-likeness (QED) is 0.699. The highest BCUT2D eigenvalue weighted by atomic mass is 32.2. The van der Waals surface area contributed by atoms with Gasteiger partial charge in [0.25, 0.3) is 0 Å². The number of aliphatic hydroxyl groups excluding tert-OH is 1. The van der Waals surface area contributed by atoms with Crippen molar-refractivity contribution in [1.29, 1.82) is 0 Å². The van der Waals surface area contributed by atoms with E-state index in [1.54, 1.807) is 16.4 Å². The Balaban J connectivity index is 1.81. The maximum absolute atomic E-state index is 8.89. The lowest BCUT2D eigenvalue weighted by molar-refractivity contribution is -0.0137. The summed E-state index contributed by atoms with van der Waals surface area (Å²) in [5.74, 6) is 0.836. The molecule has 0 saturated carbocycles. The van der Waals surface area contributed by atoms with E-state index in [9.17, 15) is 0 Å². The van der Waals surface area contributed by atoms with Crippen LogP contribution in [0.3, 0.4) is 0 Å². The molecule has 18 heavy (non-hydrogen) atoms. The fourth-order valence-electron chi connectivity index (χ4n) is 1.87. The van der Waals surface area contributed by atoms with Crippen LogP contribution in [-0.4, -0.2) is 74.9 Å². The summed E-state index contributed by atoms with van der Waals surface area (Å²) >= 11 is 1.58. The van der Waals surface area contributed by atoms with Gasteiger partial charge in [-0.1, -0.05) is 18.7 Å². The lowest BCUT2D eigenvalue weighted by Gasteiger charge is -2.31. The number of nitrogens with zero attached hydrogens (tertiary/aromatic N) is 5. The number of thioether (sulfide) groups is 1. The molecule has 1 atom stereocenters. The van der Waals surface area contributed by atoms with E-state index >= 15 is 0 Å². The first-order valence-electron chi connectivity index (χ1n) is 6.17. The standard InChI is InChI=1S/C10H19N5O2S/c1-2-14-4-6-17-9(7-14)8-18-10-11-12-13-15(10)3-5-16/h9,16H,2-8H2,1H3. The number of tetrazole rings is 1. The second-order valence-corrected chi connectivity index (χ2v) is 5.09. The molecule has 0 bridgehead atoms. The third-order valence-electron chi connectivity index (χ3n) is 2.88. The van der Waals surface area contributed by atoms with Gasteiger partial charge in [0.05, 0.1) is 25.9 Å². The van der Waals surface area contributed by atoms with E-state index in [-0.39, 0.29) is 12.7 Å². The summed E-state index contributed by atoms with van der Waals surface area (Å²) < 4.78 is 7.33. The number of morpholine rings is 1. The molecule has 102 valence electrons. The maximum Gasteiger partial charge on any atom is 0.209 e. The minimum absolute atomic E-state index is 0.0438. The van der Waals surface area contributed by atoms with Gasteiger partial charge in [-0.25, -0.2) is 4.68 Å². The first-order valence-corrected chi connectivity index (χ1v) is 7.15. The monoisotopic (exact) mass is 273 g/mol. The first kappa shape index (κ1) is 13.7. The molecule has 1 aromatic rings. The van der Waals surface area contributed by atoms with Crippen LogP contribution in [0, 0.1) is 0 Å². The molecular formula is C10H19N5O2S. The first-order chi connectivity index (χ1) is 8.83. The molecule has 0 aliphatic carbocycles. The van der Waals surface area contributed by atoms with Crippen molar-refractivity contribution in [2.24, 2.45) is 0 Å². The molecule has 2 heterocycles. The van der Waals surface area contributed by atoms with Crippen LogP contribution in [0.15, 0.2) is 5.16 Å². The summed E-state index contributed by atoms with van der Waals surface area (Å²) in [5.41, 5.74) is 0. The highest BCUT2D eigenvalue weighted by Gasteiger charge is 2.20. The smallest absolute Gasteiger partial charge is 0.209 e. The summed E-state index contributed by atoms with van der Waals surface area (Å²) in [6, 6.07) is 0. The minimum atomic E-state index is 0.0438. The van der Waals surface area contributed by atoms with Gasteiger partial charge in [0.2, 0.25) is 5.16 Å². The summed E-state index contributed by atoms with van der Waals surface area (Å²) in [6.45, 7) is 6.47. The van der Waals surface area contributed by atoms with E-state index in [0.29, 0.717) is 6.54 Å². The van der Waals surface area contributed by atoms with Crippen molar-refractivity contribution in [2.75, 3.05) is 38.6 Å². The molecule has 0 spiro atoms. The van der Waals surface area contributed by atoms with Gasteiger partial charge in [0.1, 0.15) is 0 Å². The van der Waals surface area contributed by atoms with Gasteiger partial charge in [-0.15, -0.1) is 5.10 Å². The van der Waals surface area contributed by atoms with Gasteiger partial charge in [0, 0.05) is 18.8 Å².